The van der Waals surface area contributed by atoms with Crippen LogP contribution in [0.2, 0.25) is 0 Å². The van der Waals surface area contributed by atoms with Crippen molar-refractivity contribution in [3.05, 3.63) is 42.1 Å². The van der Waals surface area contributed by atoms with Crippen LogP contribution in [0.4, 0.5) is 5.95 Å². The van der Waals surface area contributed by atoms with Crippen molar-refractivity contribution < 1.29 is 9.53 Å². The largest absolute Gasteiger partial charge is 0.376 e. The zero-order chi connectivity index (χ0) is 15.4. The fourth-order valence-corrected chi connectivity index (χ4v) is 2.48. The molecule has 1 aliphatic heterocycles. The summed E-state index contributed by atoms with van der Waals surface area (Å²) in [7, 11) is 0. The van der Waals surface area contributed by atoms with Crippen molar-refractivity contribution in [3.63, 3.8) is 0 Å². The topological polar surface area (TPSA) is 90.1 Å². The molecule has 1 fully saturated rings. The van der Waals surface area contributed by atoms with Gasteiger partial charge in [-0.15, -0.1) is 0 Å². The number of hydrogen-bond acceptors (Lipinski definition) is 5. The second kappa shape index (κ2) is 6.53. The first-order valence-electron chi connectivity index (χ1n) is 7.32. The number of anilines is 1. The summed E-state index contributed by atoms with van der Waals surface area (Å²) in [4.78, 5) is 20.6. The molecule has 22 heavy (non-hydrogen) atoms. The number of carbonyl (C=O) groups is 1. The molecular formula is C16H18N4O2. The first-order valence-corrected chi connectivity index (χ1v) is 7.32. The van der Waals surface area contributed by atoms with E-state index in [1.54, 1.807) is 0 Å². The number of carbonyl (C=O) groups excluding carboxylic acids is 1. The van der Waals surface area contributed by atoms with Gasteiger partial charge in [-0.05, 0) is 12.8 Å². The molecule has 1 aromatic heterocycles. The molecule has 0 bridgehead atoms. The molecule has 2 aromatic rings. The molecule has 6 heteroatoms. The quantitative estimate of drug-likeness (QED) is 0.895. The number of nitrogens with two attached hydrogens (primary N) is 1. The third-order valence-corrected chi connectivity index (χ3v) is 3.61. The van der Waals surface area contributed by atoms with E-state index in [0.29, 0.717) is 17.8 Å². The summed E-state index contributed by atoms with van der Waals surface area (Å²) < 4.78 is 5.51. The number of nitrogens with zero attached hydrogens (tertiary/aromatic N) is 2. The standard InChI is InChI=1S/C16H18N4O2/c17-16-19-10-13(14(20-16)11-5-2-1-3-6-11)15(21)18-9-12-7-4-8-22-12/h1-3,5-6,10,12H,4,7-9H2,(H,18,21)(H2,17,19,20)/t12-/m0/s1. The zero-order valence-corrected chi connectivity index (χ0v) is 12.2. The molecule has 3 N–H and O–H groups in total. The van der Waals surface area contributed by atoms with Crippen molar-refractivity contribution in [1.29, 1.82) is 0 Å². The maximum absolute atomic E-state index is 12.4. The Hall–Kier alpha value is -2.47. The van der Waals surface area contributed by atoms with Crippen LogP contribution < -0.4 is 11.1 Å². The van der Waals surface area contributed by atoms with Gasteiger partial charge in [0.1, 0.15) is 0 Å². The van der Waals surface area contributed by atoms with Gasteiger partial charge in [0.05, 0.1) is 17.4 Å². The minimum Gasteiger partial charge on any atom is -0.376 e. The van der Waals surface area contributed by atoms with Gasteiger partial charge in [-0.3, -0.25) is 4.79 Å². The summed E-state index contributed by atoms with van der Waals surface area (Å²) >= 11 is 0. The number of nitrogen functional groups attached to an aromatic ring is 1. The van der Waals surface area contributed by atoms with Gasteiger partial charge in [-0.2, -0.15) is 0 Å². The molecule has 2 heterocycles. The highest BCUT2D eigenvalue weighted by Gasteiger charge is 2.19. The molecule has 6 nitrogen and oxygen atoms in total. The average Bonchev–Trinajstić information content (AvgIpc) is 3.07. The molecule has 1 atom stereocenters. The molecule has 0 aliphatic carbocycles. The highest BCUT2D eigenvalue weighted by atomic mass is 16.5. The summed E-state index contributed by atoms with van der Waals surface area (Å²) in [6.45, 7) is 1.26. The highest BCUT2D eigenvalue weighted by molar-refractivity contribution is 5.99. The number of rotatable bonds is 4. The maximum Gasteiger partial charge on any atom is 0.255 e. The zero-order valence-electron chi connectivity index (χ0n) is 12.2. The minimum absolute atomic E-state index is 0.0961. The summed E-state index contributed by atoms with van der Waals surface area (Å²) in [5, 5.41) is 2.89. The van der Waals surface area contributed by atoms with Crippen molar-refractivity contribution in [2.45, 2.75) is 18.9 Å². The lowest BCUT2D eigenvalue weighted by molar-refractivity contribution is 0.0858. The van der Waals surface area contributed by atoms with Crippen LogP contribution in [0.3, 0.4) is 0 Å². The molecule has 3 rings (SSSR count). The van der Waals surface area contributed by atoms with Gasteiger partial charge in [0, 0.05) is 24.9 Å². The monoisotopic (exact) mass is 298 g/mol. The number of amides is 1. The van der Waals surface area contributed by atoms with Gasteiger partial charge in [0.2, 0.25) is 5.95 Å². The first kappa shape index (κ1) is 14.5. The van der Waals surface area contributed by atoms with Crippen molar-refractivity contribution >= 4 is 11.9 Å². The van der Waals surface area contributed by atoms with E-state index in [-0.39, 0.29) is 18.0 Å². The molecule has 114 valence electrons. The van der Waals surface area contributed by atoms with Gasteiger partial charge >= 0.3 is 0 Å². The molecule has 1 aromatic carbocycles. The Morgan fingerprint density at radius 1 is 1.36 bits per heavy atom. The average molecular weight is 298 g/mol. The predicted octanol–water partition coefficient (Wildman–Crippen LogP) is 1.63. The smallest absolute Gasteiger partial charge is 0.255 e. The van der Waals surface area contributed by atoms with Crippen molar-refractivity contribution in [2.75, 3.05) is 18.9 Å². The molecule has 0 spiro atoms. The van der Waals surface area contributed by atoms with Gasteiger partial charge in [0.15, 0.2) is 0 Å². The predicted molar refractivity (Wildman–Crippen MR) is 83.2 cm³/mol. The Balaban J connectivity index is 1.81. The Kier molecular flexibility index (Phi) is 4.29. The van der Waals surface area contributed by atoms with Crippen LogP contribution in [0.25, 0.3) is 11.3 Å². The van der Waals surface area contributed by atoms with Crippen LogP contribution in [0.1, 0.15) is 23.2 Å². The van der Waals surface area contributed by atoms with Gasteiger partial charge in [-0.1, -0.05) is 30.3 Å². The van der Waals surface area contributed by atoms with Gasteiger partial charge in [0.25, 0.3) is 5.91 Å². The van der Waals surface area contributed by atoms with E-state index in [4.69, 9.17) is 10.5 Å². The maximum atomic E-state index is 12.4. The van der Waals surface area contributed by atoms with E-state index in [9.17, 15) is 4.79 Å². The lowest BCUT2D eigenvalue weighted by Crippen LogP contribution is -2.32. The fraction of sp³-hybridized carbons (Fsp3) is 0.312. The number of aromatic nitrogens is 2. The van der Waals surface area contributed by atoms with E-state index in [2.05, 4.69) is 15.3 Å². The lowest BCUT2D eigenvalue weighted by atomic mass is 10.1. The number of benzene rings is 1. The molecule has 1 amide bonds. The fourth-order valence-electron chi connectivity index (χ4n) is 2.48. The molecule has 0 radical (unpaired) electrons. The van der Waals surface area contributed by atoms with Crippen LogP contribution in [0, 0.1) is 0 Å². The summed E-state index contributed by atoms with van der Waals surface area (Å²) in [6.07, 6.45) is 3.58. The van der Waals surface area contributed by atoms with Crippen LogP contribution in [0.15, 0.2) is 36.5 Å². The molecule has 0 saturated carbocycles. The Morgan fingerprint density at radius 2 is 2.18 bits per heavy atom. The van der Waals surface area contributed by atoms with Crippen molar-refractivity contribution in [2.24, 2.45) is 0 Å². The van der Waals surface area contributed by atoms with Crippen LogP contribution in [-0.2, 0) is 4.74 Å². The van der Waals surface area contributed by atoms with E-state index in [0.717, 1.165) is 25.0 Å². The number of hydrogen-bond donors (Lipinski definition) is 2. The summed E-state index contributed by atoms with van der Waals surface area (Å²) in [5.41, 5.74) is 7.45. The highest BCUT2D eigenvalue weighted by Crippen LogP contribution is 2.21. The second-order valence-electron chi connectivity index (χ2n) is 5.20. The van der Waals surface area contributed by atoms with Gasteiger partial charge in [-0.25, -0.2) is 9.97 Å². The second-order valence-corrected chi connectivity index (χ2v) is 5.20. The SMILES string of the molecule is Nc1ncc(C(=O)NC[C@@H]2CCCO2)c(-c2ccccc2)n1. The van der Waals surface area contributed by atoms with Crippen LogP contribution >= 0.6 is 0 Å². The summed E-state index contributed by atoms with van der Waals surface area (Å²) in [6, 6.07) is 9.46. The van der Waals surface area contributed by atoms with Crippen LogP contribution in [-0.4, -0.2) is 35.1 Å². The minimum atomic E-state index is -0.214. The first-order chi connectivity index (χ1) is 10.7. The van der Waals surface area contributed by atoms with Crippen LogP contribution in [0.5, 0.6) is 0 Å². The van der Waals surface area contributed by atoms with Gasteiger partial charge < -0.3 is 15.8 Å². The normalized spacial score (nSPS) is 17.4. The molecule has 1 saturated heterocycles. The molecule has 1 aliphatic rings. The molecule has 0 unspecified atom stereocenters. The third-order valence-electron chi connectivity index (χ3n) is 3.61. The third kappa shape index (κ3) is 3.23. The molecular weight excluding hydrogens is 280 g/mol. The van der Waals surface area contributed by atoms with E-state index in [1.165, 1.54) is 6.20 Å². The van der Waals surface area contributed by atoms with E-state index >= 15 is 0 Å². The Labute approximate surface area is 128 Å². The number of ether oxygens (including phenoxy) is 1. The summed E-state index contributed by atoms with van der Waals surface area (Å²) in [5.74, 6) is -0.0658. The van der Waals surface area contributed by atoms with Crippen molar-refractivity contribution in [1.82, 2.24) is 15.3 Å². The van der Waals surface area contributed by atoms with Crippen molar-refractivity contribution in [3.8, 4) is 11.3 Å². The lowest BCUT2D eigenvalue weighted by Gasteiger charge is -2.12. The van der Waals surface area contributed by atoms with E-state index < -0.39 is 0 Å². The van der Waals surface area contributed by atoms with E-state index in [1.807, 2.05) is 30.3 Å². The Morgan fingerprint density at radius 3 is 2.91 bits per heavy atom. The number of nitrogens with one attached hydrogen (secondary N) is 1. The Bertz CT molecular complexity index is 654.